The van der Waals surface area contributed by atoms with E-state index in [4.69, 9.17) is 4.74 Å². The van der Waals surface area contributed by atoms with E-state index < -0.39 is 34.1 Å². The summed E-state index contributed by atoms with van der Waals surface area (Å²) in [4.78, 5) is 36.0. The predicted molar refractivity (Wildman–Crippen MR) is 137 cm³/mol. The van der Waals surface area contributed by atoms with Crippen molar-refractivity contribution in [2.75, 3.05) is 29.6 Å². The third-order valence-corrected chi connectivity index (χ3v) is 8.65. The minimum Gasteiger partial charge on any atom is -0.447 e. The lowest BCUT2D eigenvalue weighted by Gasteiger charge is -2.26. The number of sulfone groups is 1. The molecule has 10 nitrogen and oxygen atoms in total. The fourth-order valence-electron chi connectivity index (χ4n) is 4.42. The minimum absolute atomic E-state index is 0.197. The number of thiazole rings is 1. The molecule has 2 aromatic heterocycles. The molecule has 1 atom stereocenters. The normalized spacial score (nSPS) is 16.5. The summed E-state index contributed by atoms with van der Waals surface area (Å²) in [6, 6.07) is 5.81. The zero-order valence-electron chi connectivity index (χ0n) is 20.9. The Morgan fingerprint density at radius 1 is 1.18 bits per heavy atom. The maximum Gasteiger partial charge on any atom is 0.415 e. The highest BCUT2D eigenvalue weighted by Crippen LogP contribution is 2.40. The second kappa shape index (κ2) is 9.48. The van der Waals surface area contributed by atoms with Gasteiger partial charge in [0, 0.05) is 12.8 Å². The number of alkyl halides is 3. The molecule has 1 saturated heterocycles. The van der Waals surface area contributed by atoms with E-state index in [0.717, 1.165) is 13.2 Å². The van der Waals surface area contributed by atoms with E-state index in [-0.39, 0.29) is 29.2 Å². The molecule has 0 aliphatic carbocycles. The third kappa shape index (κ3) is 5.03. The molecule has 4 heterocycles. The highest BCUT2D eigenvalue weighted by Gasteiger charge is 2.46. The van der Waals surface area contributed by atoms with E-state index >= 15 is 0 Å². The topological polar surface area (TPSA) is 122 Å². The summed E-state index contributed by atoms with van der Waals surface area (Å²) in [5.74, 6) is -0.173. The van der Waals surface area contributed by atoms with Gasteiger partial charge in [0.1, 0.15) is 24.3 Å². The SMILES string of the molecule is Cc1nc(Nc2cccc(N3CCOC3=O)n2)sc1-c1cc2c(c(S(C)(=O)=O)c1)C(=O)N([C@@H](C)C(F)(F)F)C2. The Hall–Kier alpha value is -3.72. The Labute approximate surface area is 225 Å². The number of aromatic nitrogens is 2. The third-order valence-electron chi connectivity index (χ3n) is 6.41. The van der Waals surface area contributed by atoms with Crippen molar-refractivity contribution in [1.82, 2.24) is 14.9 Å². The summed E-state index contributed by atoms with van der Waals surface area (Å²) in [6.07, 6.45) is -4.25. The van der Waals surface area contributed by atoms with Gasteiger partial charge in [-0.2, -0.15) is 13.2 Å². The van der Waals surface area contributed by atoms with Gasteiger partial charge in [-0.1, -0.05) is 17.4 Å². The summed E-state index contributed by atoms with van der Waals surface area (Å²) in [5, 5.41) is 3.49. The Balaban J connectivity index is 1.49. The number of amides is 2. The molecular weight excluding hydrogens is 559 g/mol. The molecule has 0 radical (unpaired) electrons. The van der Waals surface area contributed by atoms with E-state index in [2.05, 4.69) is 15.3 Å². The van der Waals surface area contributed by atoms with Crippen molar-refractivity contribution in [2.45, 2.75) is 37.5 Å². The van der Waals surface area contributed by atoms with Crippen molar-refractivity contribution in [3.63, 3.8) is 0 Å². The van der Waals surface area contributed by atoms with Crippen LogP contribution in [-0.2, 0) is 21.1 Å². The van der Waals surface area contributed by atoms with Gasteiger partial charge in [0.05, 0.1) is 27.6 Å². The van der Waals surface area contributed by atoms with Crippen molar-refractivity contribution in [2.24, 2.45) is 0 Å². The molecule has 2 aliphatic rings. The molecule has 2 aliphatic heterocycles. The van der Waals surface area contributed by atoms with Crippen LogP contribution in [0.5, 0.6) is 0 Å². The van der Waals surface area contributed by atoms with Crippen LogP contribution >= 0.6 is 11.3 Å². The number of nitrogens with zero attached hydrogens (tertiary/aromatic N) is 4. The maximum absolute atomic E-state index is 13.4. The molecule has 0 spiro atoms. The van der Waals surface area contributed by atoms with E-state index in [0.29, 0.717) is 44.3 Å². The number of hydrogen-bond donors (Lipinski definition) is 1. The molecule has 206 valence electrons. The number of fused-ring (bicyclic) bond motifs is 1. The second-order valence-corrected chi connectivity index (χ2v) is 12.1. The van der Waals surface area contributed by atoms with Gasteiger partial charge in [0.25, 0.3) is 5.91 Å². The Morgan fingerprint density at radius 3 is 2.56 bits per heavy atom. The number of aryl methyl sites for hydroxylation is 1. The molecule has 1 fully saturated rings. The van der Waals surface area contributed by atoms with Crippen LogP contribution in [0.25, 0.3) is 10.4 Å². The van der Waals surface area contributed by atoms with Crippen LogP contribution in [0.3, 0.4) is 0 Å². The van der Waals surface area contributed by atoms with Crippen molar-refractivity contribution in [1.29, 1.82) is 0 Å². The van der Waals surface area contributed by atoms with Crippen LogP contribution < -0.4 is 10.2 Å². The van der Waals surface area contributed by atoms with Crippen LogP contribution in [0.15, 0.2) is 35.2 Å². The standard InChI is InChI=1S/C24H22F3N5O5S2/c1-12-20(38-22(28-12)30-17-5-4-6-18(29-17)31-7-8-37-23(31)34)14-9-15-11-32(13(2)24(25,26)27)21(33)19(15)16(10-14)39(3,35)36/h4-6,9-10,13H,7-8,11H2,1-3H3,(H,28,29,30)/t13-/m0/s1. The summed E-state index contributed by atoms with van der Waals surface area (Å²) in [6.45, 7) is 2.84. The number of nitrogens with one attached hydrogen (secondary N) is 1. The van der Waals surface area contributed by atoms with Crippen molar-refractivity contribution in [3.8, 4) is 10.4 Å². The summed E-state index contributed by atoms with van der Waals surface area (Å²) in [5.41, 5.74) is 0.904. The van der Waals surface area contributed by atoms with Gasteiger partial charge in [0.2, 0.25) is 0 Å². The van der Waals surface area contributed by atoms with Crippen LogP contribution in [-0.4, -0.2) is 66.9 Å². The number of rotatable bonds is 6. The molecular formula is C24H22F3N5O5S2. The molecule has 3 aromatic rings. The highest BCUT2D eigenvalue weighted by atomic mass is 32.2. The number of ether oxygens (including phenoxy) is 1. The fourth-order valence-corrected chi connectivity index (χ4v) is 6.32. The number of benzene rings is 1. The largest absolute Gasteiger partial charge is 0.447 e. The van der Waals surface area contributed by atoms with Crippen molar-refractivity contribution < 1.29 is 35.9 Å². The van der Waals surface area contributed by atoms with Crippen LogP contribution in [0.1, 0.15) is 28.5 Å². The molecule has 0 bridgehead atoms. The molecule has 1 aromatic carbocycles. The second-order valence-electron chi connectivity index (χ2n) is 9.14. The number of cyclic esters (lactones) is 1. The van der Waals surface area contributed by atoms with Gasteiger partial charge in [-0.25, -0.2) is 23.2 Å². The first kappa shape index (κ1) is 26.9. The lowest BCUT2D eigenvalue weighted by atomic mass is 10.0. The number of carbonyl (C=O) groups excluding carboxylic acids is 2. The van der Waals surface area contributed by atoms with E-state index in [1.165, 1.54) is 28.4 Å². The van der Waals surface area contributed by atoms with Gasteiger partial charge in [0.15, 0.2) is 15.0 Å². The molecule has 0 saturated carbocycles. The lowest BCUT2D eigenvalue weighted by Crippen LogP contribution is -2.43. The zero-order chi connectivity index (χ0) is 28.3. The summed E-state index contributed by atoms with van der Waals surface area (Å²) < 4.78 is 70.4. The van der Waals surface area contributed by atoms with Gasteiger partial charge in [-0.05, 0) is 49.2 Å². The quantitative estimate of drug-likeness (QED) is 0.451. The van der Waals surface area contributed by atoms with Gasteiger partial charge in [-0.15, -0.1) is 0 Å². The van der Waals surface area contributed by atoms with E-state index in [9.17, 15) is 31.2 Å². The highest BCUT2D eigenvalue weighted by molar-refractivity contribution is 7.90. The Bertz CT molecular complexity index is 1610. The smallest absolute Gasteiger partial charge is 0.415 e. The average Bonchev–Trinajstić information content (AvgIpc) is 3.53. The summed E-state index contributed by atoms with van der Waals surface area (Å²) in [7, 11) is -3.96. The number of hydrogen-bond acceptors (Lipinski definition) is 9. The first-order chi connectivity index (χ1) is 18.2. The van der Waals surface area contributed by atoms with Crippen molar-refractivity contribution in [3.05, 3.63) is 47.2 Å². The van der Waals surface area contributed by atoms with E-state index in [1.807, 2.05) is 0 Å². The molecule has 2 amide bonds. The molecule has 0 unspecified atom stereocenters. The maximum atomic E-state index is 13.4. The Kier molecular flexibility index (Phi) is 6.53. The molecule has 39 heavy (non-hydrogen) atoms. The molecule has 15 heteroatoms. The van der Waals surface area contributed by atoms with Crippen LogP contribution in [0.2, 0.25) is 0 Å². The molecule has 1 N–H and O–H groups in total. The fraction of sp³-hybridized carbons (Fsp3) is 0.333. The van der Waals surface area contributed by atoms with Gasteiger partial charge < -0.3 is 15.0 Å². The minimum atomic E-state index is -4.67. The van der Waals surface area contributed by atoms with Crippen molar-refractivity contribution >= 4 is 49.9 Å². The predicted octanol–water partition coefficient (Wildman–Crippen LogP) is 4.52. The lowest BCUT2D eigenvalue weighted by molar-refractivity contribution is -0.172. The van der Waals surface area contributed by atoms with Gasteiger partial charge >= 0.3 is 12.3 Å². The van der Waals surface area contributed by atoms with Gasteiger partial charge in [-0.3, -0.25) is 9.69 Å². The number of anilines is 3. The average molecular weight is 582 g/mol. The number of carbonyl (C=O) groups is 2. The monoisotopic (exact) mass is 581 g/mol. The number of halogens is 3. The van der Waals surface area contributed by atoms with Crippen LogP contribution in [0, 0.1) is 6.92 Å². The zero-order valence-corrected chi connectivity index (χ0v) is 22.5. The first-order valence-corrected chi connectivity index (χ1v) is 14.4. The first-order valence-electron chi connectivity index (χ1n) is 11.6. The molecule has 5 rings (SSSR count). The Morgan fingerprint density at radius 2 is 1.92 bits per heavy atom. The van der Waals surface area contributed by atoms with E-state index in [1.54, 1.807) is 25.1 Å². The van der Waals surface area contributed by atoms with Crippen LogP contribution in [0.4, 0.5) is 34.7 Å². The number of pyridine rings is 1. The summed E-state index contributed by atoms with van der Waals surface area (Å²) >= 11 is 1.18.